The average Bonchev–Trinajstić information content (AvgIpc) is 2.28. The minimum Gasteiger partial charge on any atom is -0.467 e. The number of rotatable bonds is 3. The Morgan fingerprint density at radius 1 is 1.37 bits per heavy atom. The summed E-state index contributed by atoms with van der Waals surface area (Å²) in [5, 5.41) is 2.93. The van der Waals surface area contributed by atoms with E-state index in [1.54, 1.807) is 0 Å². The number of carbonyl (C=O) groups is 2. The van der Waals surface area contributed by atoms with Gasteiger partial charge in [-0.2, -0.15) is 0 Å². The molecule has 0 aromatic rings. The van der Waals surface area contributed by atoms with Crippen LogP contribution in [-0.4, -0.2) is 35.7 Å². The van der Waals surface area contributed by atoms with Gasteiger partial charge in [-0.3, -0.25) is 4.79 Å². The zero-order valence-electron chi connectivity index (χ0n) is 11.8. The maximum atomic E-state index is 11.7. The molecule has 2 atom stereocenters. The van der Waals surface area contributed by atoms with Crippen molar-refractivity contribution in [2.45, 2.75) is 51.7 Å². The zero-order valence-corrected chi connectivity index (χ0v) is 12.6. The number of hydrogen-bond donors (Lipinski definition) is 1. The van der Waals surface area contributed by atoms with E-state index in [0.29, 0.717) is 17.8 Å². The first-order valence-electron chi connectivity index (χ1n) is 6.33. The SMILES string of the molecule is COC(=O)C1CCC(CC(=O)OC(C)(C)C)C(=S)N1. The van der Waals surface area contributed by atoms with Crippen LogP contribution in [0.4, 0.5) is 0 Å². The van der Waals surface area contributed by atoms with Crippen molar-refractivity contribution in [3.05, 3.63) is 0 Å². The van der Waals surface area contributed by atoms with Gasteiger partial charge in [0, 0.05) is 5.92 Å². The van der Waals surface area contributed by atoms with Gasteiger partial charge in [-0.05, 0) is 33.6 Å². The molecule has 2 unspecified atom stereocenters. The minimum absolute atomic E-state index is 0.0641. The highest BCUT2D eigenvalue weighted by atomic mass is 32.1. The largest absolute Gasteiger partial charge is 0.467 e. The number of esters is 2. The van der Waals surface area contributed by atoms with Crippen LogP contribution in [-0.2, 0) is 19.1 Å². The Balaban J connectivity index is 2.48. The Bertz CT molecular complexity index is 375. The van der Waals surface area contributed by atoms with E-state index in [-0.39, 0.29) is 24.3 Å². The van der Waals surface area contributed by atoms with E-state index in [2.05, 4.69) is 10.1 Å². The smallest absolute Gasteiger partial charge is 0.328 e. The second-order valence-electron chi connectivity index (χ2n) is 5.65. The lowest BCUT2D eigenvalue weighted by molar-refractivity contribution is -0.155. The van der Waals surface area contributed by atoms with Gasteiger partial charge in [0.15, 0.2) is 0 Å². The molecule has 1 aliphatic heterocycles. The highest BCUT2D eigenvalue weighted by Crippen LogP contribution is 2.22. The van der Waals surface area contributed by atoms with E-state index >= 15 is 0 Å². The number of thiocarbonyl (C=S) groups is 1. The highest BCUT2D eigenvalue weighted by molar-refractivity contribution is 7.80. The van der Waals surface area contributed by atoms with Crippen LogP contribution in [0, 0.1) is 5.92 Å². The fraction of sp³-hybridized carbons (Fsp3) is 0.769. The Morgan fingerprint density at radius 3 is 2.47 bits per heavy atom. The molecule has 0 saturated carbocycles. The zero-order chi connectivity index (χ0) is 14.6. The molecule has 1 N–H and O–H groups in total. The Kier molecular flexibility index (Phi) is 5.29. The number of piperidine rings is 1. The second-order valence-corrected chi connectivity index (χ2v) is 6.09. The summed E-state index contributed by atoms with van der Waals surface area (Å²) in [5.41, 5.74) is -0.491. The van der Waals surface area contributed by atoms with E-state index in [4.69, 9.17) is 17.0 Å². The van der Waals surface area contributed by atoms with Gasteiger partial charge in [0.1, 0.15) is 11.6 Å². The van der Waals surface area contributed by atoms with Crippen molar-refractivity contribution < 1.29 is 19.1 Å². The molecule has 0 radical (unpaired) electrons. The molecular weight excluding hydrogens is 266 g/mol. The lowest BCUT2D eigenvalue weighted by atomic mass is 9.92. The Labute approximate surface area is 119 Å². The van der Waals surface area contributed by atoms with Crippen LogP contribution in [0.25, 0.3) is 0 Å². The maximum absolute atomic E-state index is 11.7. The molecule has 5 nitrogen and oxygen atoms in total. The molecule has 0 amide bonds. The summed E-state index contributed by atoms with van der Waals surface area (Å²) in [4.78, 5) is 23.7. The van der Waals surface area contributed by atoms with Crippen LogP contribution < -0.4 is 5.32 Å². The standard InChI is InChI=1S/C13H21NO4S/c1-13(2,3)18-10(15)7-8-5-6-9(12(16)17-4)14-11(8)19/h8-9H,5-7H2,1-4H3,(H,14,19). The van der Waals surface area contributed by atoms with E-state index < -0.39 is 11.6 Å². The summed E-state index contributed by atoms with van der Waals surface area (Å²) < 4.78 is 9.93. The van der Waals surface area contributed by atoms with Crippen LogP contribution in [0.3, 0.4) is 0 Å². The minimum atomic E-state index is -0.491. The molecule has 0 aromatic heterocycles. The van der Waals surface area contributed by atoms with Gasteiger partial charge >= 0.3 is 11.9 Å². The first-order valence-corrected chi connectivity index (χ1v) is 6.74. The van der Waals surface area contributed by atoms with Crippen molar-refractivity contribution in [1.29, 1.82) is 0 Å². The summed E-state index contributed by atoms with van der Waals surface area (Å²) in [7, 11) is 1.35. The van der Waals surface area contributed by atoms with Crippen molar-refractivity contribution in [2.75, 3.05) is 7.11 Å². The van der Waals surface area contributed by atoms with Crippen molar-refractivity contribution in [3.8, 4) is 0 Å². The predicted octanol–water partition coefficient (Wildman–Crippen LogP) is 1.59. The van der Waals surface area contributed by atoms with Gasteiger partial charge in [-0.25, -0.2) is 4.79 Å². The van der Waals surface area contributed by atoms with Crippen molar-refractivity contribution in [3.63, 3.8) is 0 Å². The predicted molar refractivity (Wildman–Crippen MR) is 74.7 cm³/mol. The molecule has 0 spiro atoms. The van der Waals surface area contributed by atoms with Gasteiger partial charge in [0.2, 0.25) is 0 Å². The van der Waals surface area contributed by atoms with Gasteiger partial charge in [0.05, 0.1) is 18.5 Å². The van der Waals surface area contributed by atoms with Gasteiger partial charge < -0.3 is 14.8 Å². The normalized spacial score (nSPS) is 23.5. The monoisotopic (exact) mass is 287 g/mol. The van der Waals surface area contributed by atoms with Crippen LogP contribution in [0.15, 0.2) is 0 Å². The average molecular weight is 287 g/mol. The highest BCUT2D eigenvalue weighted by Gasteiger charge is 2.32. The Hall–Kier alpha value is -1.17. The number of hydrogen-bond acceptors (Lipinski definition) is 5. The molecule has 0 aliphatic carbocycles. The van der Waals surface area contributed by atoms with E-state index in [1.807, 2.05) is 20.8 Å². The molecule has 0 bridgehead atoms. The molecule has 19 heavy (non-hydrogen) atoms. The van der Waals surface area contributed by atoms with Crippen LogP contribution in [0.2, 0.25) is 0 Å². The molecule has 6 heteroatoms. The van der Waals surface area contributed by atoms with Crippen LogP contribution in [0.5, 0.6) is 0 Å². The van der Waals surface area contributed by atoms with Gasteiger partial charge in [-0.1, -0.05) is 12.2 Å². The summed E-state index contributed by atoms with van der Waals surface area (Å²) in [5.74, 6) is -0.651. The summed E-state index contributed by atoms with van der Waals surface area (Å²) >= 11 is 5.20. The maximum Gasteiger partial charge on any atom is 0.328 e. The molecular formula is C13H21NO4S. The van der Waals surface area contributed by atoms with Crippen molar-refractivity contribution >= 4 is 29.1 Å². The van der Waals surface area contributed by atoms with Crippen molar-refractivity contribution in [1.82, 2.24) is 5.32 Å². The van der Waals surface area contributed by atoms with Gasteiger partial charge in [-0.15, -0.1) is 0 Å². The molecule has 108 valence electrons. The second kappa shape index (κ2) is 6.32. The van der Waals surface area contributed by atoms with Gasteiger partial charge in [0.25, 0.3) is 0 Å². The molecule has 1 rings (SSSR count). The number of ether oxygens (including phenoxy) is 2. The first kappa shape index (κ1) is 15.9. The molecule has 1 aliphatic rings. The molecule has 1 heterocycles. The van der Waals surface area contributed by atoms with Crippen LogP contribution >= 0.6 is 12.2 Å². The number of nitrogens with one attached hydrogen (secondary N) is 1. The fourth-order valence-corrected chi connectivity index (χ4v) is 2.30. The van der Waals surface area contributed by atoms with Crippen LogP contribution in [0.1, 0.15) is 40.0 Å². The van der Waals surface area contributed by atoms with E-state index in [0.717, 1.165) is 0 Å². The molecule has 1 saturated heterocycles. The van der Waals surface area contributed by atoms with E-state index in [1.165, 1.54) is 7.11 Å². The van der Waals surface area contributed by atoms with Crippen molar-refractivity contribution in [2.24, 2.45) is 5.92 Å². The summed E-state index contributed by atoms with van der Waals surface area (Å²) in [6.45, 7) is 5.49. The molecule has 1 fully saturated rings. The topological polar surface area (TPSA) is 64.6 Å². The summed E-state index contributed by atoms with van der Waals surface area (Å²) in [6, 6.07) is -0.396. The fourth-order valence-electron chi connectivity index (χ4n) is 1.96. The Morgan fingerprint density at radius 2 is 2.00 bits per heavy atom. The molecule has 0 aromatic carbocycles. The van der Waals surface area contributed by atoms with E-state index in [9.17, 15) is 9.59 Å². The lowest BCUT2D eigenvalue weighted by Crippen LogP contribution is -2.48. The quantitative estimate of drug-likeness (QED) is 0.628. The third-order valence-electron chi connectivity index (χ3n) is 2.81. The third-order valence-corrected chi connectivity index (χ3v) is 3.26. The summed E-state index contributed by atoms with van der Waals surface area (Å²) in [6.07, 6.45) is 1.54. The first-order chi connectivity index (χ1) is 8.73. The number of carbonyl (C=O) groups excluding carboxylic acids is 2. The number of methoxy groups -OCH3 is 1. The third kappa shape index (κ3) is 5.14. The lowest BCUT2D eigenvalue weighted by Gasteiger charge is -2.30.